The van der Waals surface area contributed by atoms with Gasteiger partial charge in [0.05, 0.1) is 6.10 Å². The lowest BCUT2D eigenvalue weighted by atomic mass is 9.45. The minimum Gasteiger partial charge on any atom is -0.447 e. The summed E-state index contributed by atoms with van der Waals surface area (Å²) in [6, 6.07) is 0. The van der Waals surface area contributed by atoms with E-state index in [2.05, 4.69) is 13.5 Å². The van der Waals surface area contributed by atoms with Crippen LogP contribution in [0.2, 0.25) is 0 Å². The highest BCUT2D eigenvalue weighted by Gasteiger charge is 2.70. The molecule has 30 heavy (non-hydrogen) atoms. The van der Waals surface area contributed by atoms with Crippen LogP contribution < -0.4 is 0 Å². The first-order chi connectivity index (χ1) is 14.1. The van der Waals surface area contributed by atoms with Crippen LogP contribution in [0.4, 0.5) is 0 Å². The molecule has 7 atom stereocenters. The number of carbonyl (C=O) groups is 3. The molecule has 0 aromatic rings. The second kappa shape index (κ2) is 7.13. The molecule has 0 bridgehead atoms. The molecule has 0 amide bonds. The maximum absolute atomic E-state index is 13.0. The van der Waals surface area contributed by atoms with Crippen molar-refractivity contribution in [1.82, 2.24) is 0 Å². The Balaban J connectivity index is 1.75. The molecule has 0 saturated heterocycles. The van der Waals surface area contributed by atoms with E-state index in [1.165, 1.54) is 0 Å². The highest BCUT2D eigenvalue weighted by atomic mass is 16.6. The van der Waals surface area contributed by atoms with E-state index in [-0.39, 0.29) is 29.0 Å². The number of allylic oxidation sites excluding steroid dienone is 1. The van der Waals surface area contributed by atoms with Gasteiger partial charge in [0.15, 0.2) is 11.4 Å². The molecule has 6 heteroatoms. The van der Waals surface area contributed by atoms with E-state index in [1.54, 1.807) is 6.08 Å². The number of aliphatic hydroxyl groups is 2. The van der Waals surface area contributed by atoms with Gasteiger partial charge in [-0.25, -0.2) is 4.79 Å². The Morgan fingerprint density at radius 2 is 2.00 bits per heavy atom. The lowest BCUT2D eigenvalue weighted by molar-refractivity contribution is -0.199. The van der Waals surface area contributed by atoms with Crippen LogP contribution in [0.3, 0.4) is 0 Å². The van der Waals surface area contributed by atoms with Crippen LogP contribution in [-0.4, -0.2) is 46.1 Å². The Morgan fingerprint density at radius 3 is 2.67 bits per heavy atom. The monoisotopic (exact) mass is 416 g/mol. The number of hydrogen-bond donors (Lipinski definition) is 2. The van der Waals surface area contributed by atoms with E-state index in [0.29, 0.717) is 25.7 Å². The fourth-order valence-corrected chi connectivity index (χ4v) is 7.70. The summed E-state index contributed by atoms with van der Waals surface area (Å²) in [6.45, 7) is 6.86. The van der Waals surface area contributed by atoms with E-state index in [9.17, 15) is 24.6 Å². The number of fused-ring (bicyclic) bond motifs is 5. The third-order valence-corrected chi connectivity index (χ3v) is 9.05. The minimum atomic E-state index is -1.44. The zero-order chi connectivity index (χ0) is 21.9. The first-order valence-corrected chi connectivity index (χ1v) is 11.0. The number of carbonyl (C=O) groups excluding carboxylic acids is 3. The Morgan fingerprint density at radius 1 is 1.27 bits per heavy atom. The van der Waals surface area contributed by atoms with Crippen molar-refractivity contribution in [2.45, 2.75) is 70.5 Å². The molecule has 0 aromatic carbocycles. The summed E-state index contributed by atoms with van der Waals surface area (Å²) in [6.07, 6.45) is 6.44. The van der Waals surface area contributed by atoms with Gasteiger partial charge in [-0.2, -0.15) is 0 Å². The molecule has 4 aliphatic rings. The number of ketones is 2. The van der Waals surface area contributed by atoms with Crippen molar-refractivity contribution in [3.63, 3.8) is 0 Å². The van der Waals surface area contributed by atoms with Gasteiger partial charge >= 0.3 is 5.97 Å². The Kier molecular flexibility index (Phi) is 5.09. The molecule has 0 aliphatic heterocycles. The highest BCUT2D eigenvalue weighted by Crippen LogP contribution is 2.68. The van der Waals surface area contributed by atoms with Gasteiger partial charge in [0.1, 0.15) is 6.61 Å². The molecular weight excluding hydrogens is 384 g/mol. The molecule has 2 N–H and O–H groups in total. The molecule has 6 nitrogen and oxygen atoms in total. The van der Waals surface area contributed by atoms with Gasteiger partial charge < -0.3 is 14.9 Å². The number of hydrogen-bond acceptors (Lipinski definition) is 6. The first-order valence-electron chi connectivity index (χ1n) is 11.0. The predicted molar refractivity (Wildman–Crippen MR) is 109 cm³/mol. The van der Waals surface area contributed by atoms with Gasteiger partial charge in [0.25, 0.3) is 0 Å². The van der Waals surface area contributed by atoms with Gasteiger partial charge in [-0.3, -0.25) is 9.59 Å². The first kappa shape index (κ1) is 21.4. The summed E-state index contributed by atoms with van der Waals surface area (Å²) in [7, 11) is 0. The van der Waals surface area contributed by atoms with E-state index in [1.807, 2.05) is 6.92 Å². The van der Waals surface area contributed by atoms with E-state index in [4.69, 9.17) is 4.74 Å². The van der Waals surface area contributed by atoms with Gasteiger partial charge in [-0.1, -0.05) is 26.0 Å². The molecule has 4 aliphatic carbocycles. The van der Waals surface area contributed by atoms with Crippen molar-refractivity contribution in [2.75, 3.05) is 6.61 Å². The van der Waals surface area contributed by atoms with Crippen LogP contribution in [0.25, 0.3) is 0 Å². The van der Waals surface area contributed by atoms with Crippen molar-refractivity contribution in [2.24, 2.45) is 28.6 Å². The van der Waals surface area contributed by atoms with Crippen molar-refractivity contribution in [1.29, 1.82) is 0 Å². The summed E-state index contributed by atoms with van der Waals surface area (Å²) in [5.74, 6) is -0.735. The number of esters is 1. The molecular formula is C24H32O6. The molecule has 164 valence electrons. The molecule has 0 heterocycles. The quantitative estimate of drug-likeness (QED) is 0.539. The van der Waals surface area contributed by atoms with E-state index >= 15 is 0 Å². The molecule has 0 unspecified atom stereocenters. The SMILES string of the molecule is C=CC(=O)O[C@]1(C(=O)CO)CC[C@H]2[C@@H]3CCC4=CC(=O)CC[C@]4(C)[C@H]3[C@@H](O)C[C@@]21C. The smallest absolute Gasteiger partial charge is 0.331 e. The van der Waals surface area contributed by atoms with Crippen LogP contribution in [0.15, 0.2) is 24.3 Å². The van der Waals surface area contributed by atoms with Crippen LogP contribution in [0.1, 0.15) is 58.8 Å². The van der Waals surface area contributed by atoms with Crippen molar-refractivity contribution in [3.05, 3.63) is 24.3 Å². The average molecular weight is 417 g/mol. The number of rotatable bonds is 4. The minimum absolute atomic E-state index is 0.0128. The lowest BCUT2D eigenvalue weighted by Crippen LogP contribution is -2.63. The maximum Gasteiger partial charge on any atom is 0.331 e. The third-order valence-electron chi connectivity index (χ3n) is 9.05. The third kappa shape index (κ3) is 2.72. The molecule has 0 radical (unpaired) electrons. The van der Waals surface area contributed by atoms with Gasteiger partial charge in [-0.15, -0.1) is 0 Å². The van der Waals surface area contributed by atoms with Crippen LogP contribution in [0, 0.1) is 28.6 Å². The fourth-order valence-electron chi connectivity index (χ4n) is 7.70. The number of aliphatic hydroxyl groups excluding tert-OH is 2. The van der Waals surface area contributed by atoms with E-state index in [0.717, 1.165) is 30.9 Å². The Labute approximate surface area is 177 Å². The van der Waals surface area contributed by atoms with Crippen LogP contribution in [-0.2, 0) is 19.1 Å². The predicted octanol–water partition coefficient (Wildman–Crippen LogP) is 2.52. The van der Waals surface area contributed by atoms with Crippen molar-refractivity contribution in [3.8, 4) is 0 Å². The second-order valence-electron chi connectivity index (χ2n) is 10.1. The second-order valence-corrected chi connectivity index (χ2v) is 10.1. The van der Waals surface area contributed by atoms with Gasteiger partial charge in [-0.05, 0) is 67.8 Å². The van der Waals surface area contributed by atoms with Gasteiger partial charge in [0, 0.05) is 17.9 Å². The molecule has 0 spiro atoms. The average Bonchev–Trinajstić information content (AvgIpc) is 3.00. The van der Waals surface area contributed by atoms with Gasteiger partial charge in [0.2, 0.25) is 5.78 Å². The topological polar surface area (TPSA) is 101 Å². The van der Waals surface area contributed by atoms with E-state index < -0.39 is 35.5 Å². The number of ether oxygens (including phenoxy) is 1. The fraction of sp³-hybridized carbons (Fsp3) is 0.708. The number of Topliss-reactive ketones (excluding diaryl/α,β-unsaturated/α-hetero) is 1. The summed E-state index contributed by atoms with van der Waals surface area (Å²) >= 11 is 0. The summed E-state index contributed by atoms with van der Waals surface area (Å²) in [4.78, 5) is 37.1. The van der Waals surface area contributed by atoms with Crippen molar-refractivity contribution < 1.29 is 29.3 Å². The highest BCUT2D eigenvalue weighted by molar-refractivity contribution is 5.94. The van der Waals surface area contributed by atoms with Crippen molar-refractivity contribution >= 4 is 17.5 Å². The Hall–Kier alpha value is -1.79. The standard InChI is InChI=1S/C24H32O6/c1-4-20(29)30-24(19(28)13-25)10-8-17-16-6-5-14-11-15(26)7-9-22(14,2)21(16)18(27)12-23(17,24)3/h4,11,16-18,21,25,27H,1,5-10,12-13H2,2-3H3/t16-,17-,18-,21+,22-,23-,24-/m0/s1. The molecule has 3 fully saturated rings. The summed E-state index contributed by atoms with van der Waals surface area (Å²) in [5, 5.41) is 21.1. The summed E-state index contributed by atoms with van der Waals surface area (Å²) < 4.78 is 5.71. The largest absolute Gasteiger partial charge is 0.447 e. The van der Waals surface area contributed by atoms with Crippen LogP contribution in [0.5, 0.6) is 0 Å². The van der Waals surface area contributed by atoms with Crippen LogP contribution >= 0.6 is 0 Å². The maximum atomic E-state index is 13.0. The molecule has 4 rings (SSSR count). The molecule has 3 saturated carbocycles. The zero-order valence-corrected chi connectivity index (χ0v) is 17.9. The lowest BCUT2D eigenvalue weighted by Gasteiger charge is -2.60. The zero-order valence-electron chi connectivity index (χ0n) is 17.9. The molecule has 0 aromatic heterocycles. The Bertz CT molecular complexity index is 830. The summed E-state index contributed by atoms with van der Waals surface area (Å²) in [5.41, 5.74) is -1.27. The normalized spacial score (nSPS) is 44.9.